The number of aromatic nitrogens is 2. The normalized spacial score (nSPS) is 10.5. The van der Waals surface area contributed by atoms with Crippen LogP contribution >= 0.6 is 0 Å². The van der Waals surface area contributed by atoms with Gasteiger partial charge in [0.1, 0.15) is 5.82 Å². The molecule has 110 valence electrons. The summed E-state index contributed by atoms with van der Waals surface area (Å²) in [7, 11) is 3.82. The largest absolute Gasteiger partial charge is 0.363 e. The van der Waals surface area contributed by atoms with E-state index in [1.165, 1.54) is 0 Å². The van der Waals surface area contributed by atoms with Gasteiger partial charge in [-0.1, -0.05) is 6.07 Å². The number of hydrogen-bond donors (Lipinski definition) is 1. The number of amides is 1. The smallest absolute Gasteiger partial charge is 0.257 e. The van der Waals surface area contributed by atoms with Crippen LogP contribution in [0.4, 0.5) is 11.5 Å². The molecule has 2 aromatic heterocycles. The molecule has 0 spiro atoms. The Morgan fingerprint density at radius 3 is 2.68 bits per heavy atom. The van der Waals surface area contributed by atoms with Gasteiger partial charge < -0.3 is 10.2 Å². The van der Waals surface area contributed by atoms with Crippen molar-refractivity contribution in [3.63, 3.8) is 0 Å². The third kappa shape index (κ3) is 2.88. The molecule has 0 atom stereocenters. The van der Waals surface area contributed by atoms with Crippen molar-refractivity contribution in [3.8, 4) is 0 Å². The Balaban J connectivity index is 1.80. The molecule has 0 bridgehead atoms. The number of hydrogen-bond acceptors (Lipinski definition) is 4. The molecule has 0 fully saturated rings. The minimum atomic E-state index is -0.180. The molecule has 3 aromatic rings. The lowest BCUT2D eigenvalue weighted by molar-refractivity contribution is 0.102. The second-order valence-corrected chi connectivity index (χ2v) is 5.16. The van der Waals surface area contributed by atoms with Crippen molar-refractivity contribution in [1.82, 2.24) is 9.97 Å². The van der Waals surface area contributed by atoms with Crippen LogP contribution < -0.4 is 10.2 Å². The van der Waals surface area contributed by atoms with Crippen molar-refractivity contribution in [2.24, 2.45) is 0 Å². The number of fused-ring (bicyclic) bond motifs is 1. The first-order valence-electron chi connectivity index (χ1n) is 6.93. The predicted octanol–water partition coefficient (Wildman–Crippen LogP) is 2.95. The maximum Gasteiger partial charge on any atom is 0.257 e. The van der Waals surface area contributed by atoms with Crippen LogP contribution in [-0.4, -0.2) is 30.0 Å². The fourth-order valence-electron chi connectivity index (χ4n) is 2.14. The SMILES string of the molecule is CN(C)c1ccc(C(=O)Nc2ccc3ncccc3c2)cn1. The second-order valence-electron chi connectivity index (χ2n) is 5.16. The topological polar surface area (TPSA) is 58.1 Å². The molecular formula is C17H16N4O. The number of rotatable bonds is 3. The maximum absolute atomic E-state index is 12.3. The fraction of sp³-hybridized carbons (Fsp3) is 0.118. The van der Waals surface area contributed by atoms with Crippen molar-refractivity contribution in [3.05, 3.63) is 60.4 Å². The van der Waals surface area contributed by atoms with E-state index in [1.807, 2.05) is 55.4 Å². The molecular weight excluding hydrogens is 276 g/mol. The van der Waals surface area contributed by atoms with Crippen molar-refractivity contribution < 1.29 is 4.79 Å². The van der Waals surface area contributed by atoms with E-state index in [0.717, 1.165) is 22.4 Å². The van der Waals surface area contributed by atoms with Crippen LogP contribution in [0, 0.1) is 0 Å². The van der Waals surface area contributed by atoms with Crippen molar-refractivity contribution in [2.75, 3.05) is 24.3 Å². The highest BCUT2D eigenvalue weighted by Crippen LogP contribution is 2.18. The lowest BCUT2D eigenvalue weighted by Gasteiger charge is -2.11. The lowest BCUT2D eigenvalue weighted by Crippen LogP contribution is -2.14. The molecule has 1 amide bonds. The molecule has 3 rings (SSSR count). The number of anilines is 2. The average Bonchev–Trinajstić information content (AvgIpc) is 2.55. The molecule has 1 N–H and O–H groups in total. The molecule has 0 unspecified atom stereocenters. The Hall–Kier alpha value is -2.95. The summed E-state index contributed by atoms with van der Waals surface area (Å²) in [4.78, 5) is 22.6. The molecule has 0 saturated carbocycles. The predicted molar refractivity (Wildman–Crippen MR) is 88.3 cm³/mol. The molecule has 0 radical (unpaired) electrons. The molecule has 0 aliphatic rings. The Kier molecular flexibility index (Phi) is 3.70. The molecule has 22 heavy (non-hydrogen) atoms. The van der Waals surface area contributed by atoms with Gasteiger partial charge in [0.2, 0.25) is 0 Å². The number of nitrogens with one attached hydrogen (secondary N) is 1. The first kappa shape index (κ1) is 14.0. The minimum absolute atomic E-state index is 0.180. The van der Waals surface area contributed by atoms with Crippen molar-refractivity contribution in [1.29, 1.82) is 0 Å². The van der Waals surface area contributed by atoms with E-state index >= 15 is 0 Å². The summed E-state index contributed by atoms with van der Waals surface area (Å²) in [5.41, 5.74) is 2.16. The Bertz CT molecular complexity index is 812. The molecule has 0 aliphatic heterocycles. The Labute approximate surface area is 128 Å². The Morgan fingerprint density at radius 1 is 1.09 bits per heavy atom. The van der Waals surface area contributed by atoms with E-state index in [0.29, 0.717) is 5.56 Å². The molecule has 2 heterocycles. The monoisotopic (exact) mass is 292 g/mol. The van der Waals surface area contributed by atoms with E-state index in [1.54, 1.807) is 18.5 Å². The summed E-state index contributed by atoms with van der Waals surface area (Å²) in [6.07, 6.45) is 3.33. The van der Waals surface area contributed by atoms with Gasteiger partial charge in [0.15, 0.2) is 0 Å². The molecule has 5 heteroatoms. The van der Waals surface area contributed by atoms with Crippen LogP contribution in [0.1, 0.15) is 10.4 Å². The van der Waals surface area contributed by atoms with Crippen molar-refractivity contribution in [2.45, 2.75) is 0 Å². The average molecular weight is 292 g/mol. The van der Waals surface area contributed by atoms with Crippen LogP contribution in [0.3, 0.4) is 0 Å². The number of carbonyl (C=O) groups is 1. The summed E-state index contributed by atoms with van der Waals surface area (Å²) in [6, 6.07) is 13.1. The number of carbonyl (C=O) groups excluding carboxylic acids is 1. The molecule has 5 nitrogen and oxygen atoms in total. The van der Waals surface area contributed by atoms with Crippen LogP contribution in [-0.2, 0) is 0 Å². The van der Waals surface area contributed by atoms with Crippen LogP contribution in [0.5, 0.6) is 0 Å². The van der Waals surface area contributed by atoms with Gasteiger partial charge in [-0.2, -0.15) is 0 Å². The zero-order valence-corrected chi connectivity index (χ0v) is 12.4. The number of nitrogens with zero attached hydrogens (tertiary/aromatic N) is 3. The fourth-order valence-corrected chi connectivity index (χ4v) is 2.14. The quantitative estimate of drug-likeness (QED) is 0.806. The molecule has 1 aromatic carbocycles. The zero-order chi connectivity index (χ0) is 15.5. The van der Waals surface area contributed by atoms with Gasteiger partial charge in [-0.25, -0.2) is 4.98 Å². The third-order valence-corrected chi connectivity index (χ3v) is 3.33. The van der Waals surface area contributed by atoms with Gasteiger partial charge in [0.25, 0.3) is 5.91 Å². The van der Waals surface area contributed by atoms with E-state index < -0.39 is 0 Å². The van der Waals surface area contributed by atoms with E-state index in [2.05, 4.69) is 15.3 Å². The highest BCUT2D eigenvalue weighted by atomic mass is 16.1. The Morgan fingerprint density at radius 2 is 1.95 bits per heavy atom. The first-order chi connectivity index (χ1) is 10.6. The summed E-state index contributed by atoms with van der Waals surface area (Å²) < 4.78 is 0. The molecule has 0 aliphatic carbocycles. The van der Waals surface area contributed by atoms with E-state index in [9.17, 15) is 4.79 Å². The van der Waals surface area contributed by atoms with Gasteiger partial charge in [0.05, 0.1) is 11.1 Å². The second kappa shape index (κ2) is 5.81. The summed E-state index contributed by atoms with van der Waals surface area (Å²) >= 11 is 0. The van der Waals surface area contributed by atoms with Gasteiger partial charge in [-0.3, -0.25) is 9.78 Å². The first-order valence-corrected chi connectivity index (χ1v) is 6.93. The standard InChI is InChI=1S/C17H16N4O/c1-21(2)16-8-5-13(11-19-16)17(22)20-14-6-7-15-12(10-14)4-3-9-18-15/h3-11H,1-2H3,(H,20,22). The summed E-state index contributed by atoms with van der Waals surface area (Å²) in [6.45, 7) is 0. The van der Waals surface area contributed by atoms with Gasteiger partial charge in [-0.05, 0) is 36.4 Å². The van der Waals surface area contributed by atoms with Gasteiger partial charge in [0, 0.05) is 37.6 Å². The molecule has 0 saturated heterocycles. The lowest BCUT2D eigenvalue weighted by atomic mass is 10.2. The van der Waals surface area contributed by atoms with Crippen LogP contribution in [0.2, 0.25) is 0 Å². The maximum atomic E-state index is 12.3. The van der Waals surface area contributed by atoms with E-state index in [-0.39, 0.29) is 5.91 Å². The zero-order valence-electron chi connectivity index (χ0n) is 12.4. The summed E-state index contributed by atoms with van der Waals surface area (Å²) in [5.74, 6) is 0.634. The van der Waals surface area contributed by atoms with Gasteiger partial charge in [-0.15, -0.1) is 0 Å². The minimum Gasteiger partial charge on any atom is -0.363 e. The summed E-state index contributed by atoms with van der Waals surface area (Å²) in [5, 5.41) is 3.87. The van der Waals surface area contributed by atoms with Crippen LogP contribution in [0.15, 0.2) is 54.9 Å². The van der Waals surface area contributed by atoms with Crippen LogP contribution in [0.25, 0.3) is 10.9 Å². The van der Waals surface area contributed by atoms with Crippen molar-refractivity contribution >= 4 is 28.3 Å². The van der Waals surface area contributed by atoms with Gasteiger partial charge >= 0.3 is 0 Å². The number of pyridine rings is 2. The highest BCUT2D eigenvalue weighted by molar-refractivity contribution is 6.05. The van der Waals surface area contributed by atoms with E-state index in [4.69, 9.17) is 0 Å². The highest BCUT2D eigenvalue weighted by Gasteiger charge is 2.08. The third-order valence-electron chi connectivity index (χ3n) is 3.33. The number of benzene rings is 1.